The van der Waals surface area contributed by atoms with Gasteiger partial charge in [0.2, 0.25) is 0 Å². The van der Waals surface area contributed by atoms with Crippen LogP contribution in [0.2, 0.25) is 0 Å². The normalized spacial score (nSPS) is 12.5. The lowest BCUT2D eigenvalue weighted by molar-refractivity contribution is 0.414. The third kappa shape index (κ3) is 2.77. The second-order valence-corrected chi connectivity index (χ2v) is 5.89. The Morgan fingerprint density at radius 3 is 2.47 bits per heavy atom. The van der Waals surface area contributed by atoms with Crippen molar-refractivity contribution in [2.24, 2.45) is 0 Å². The molecule has 1 aromatic carbocycles. The Morgan fingerprint density at radius 2 is 1.94 bits per heavy atom. The summed E-state index contributed by atoms with van der Waals surface area (Å²) in [4.78, 5) is 0.0657. The van der Waals surface area contributed by atoms with Crippen LogP contribution in [0.15, 0.2) is 44.1 Å². The largest absolute Gasteiger partial charge is 0.497 e. The summed E-state index contributed by atoms with van der Waals surface area (Å²) in [5.74, 6) is 0.826. The number of ether oxygens (including phenoxy) is 1. The fraction of sp³-hybridized carbons (Fsp3) is 0.167. The van der Waals surface area contributed by atoms with Crippen LogP contribution < -0.4 is 4.74 Å². The number of alkyl halides is 1. The number of furan rings is 1. The number of methoxy groups -OCH3 is 1. The van der Waals surface area contributed by atoms with Gasteiger partial charge in [-0.1, -0.05) is 37.9 Å². The molecule has 0 bridgehead atoms. The first-order valence-electron chi connectivity index (χ1n) is 4.84. The molecule has 0 radical (unpaired) electrons. The quantitative estimate of drug-likeness (QED) is 0.624. The highest BCUT2D eigenvalue weighted by atomic mass is 79.9. The van der Waals surface area contributed by atoms with Crippen LogP contribution in [-0.2, 0) is 0 Å². The van der Waals surface area contributed by atoms with E-state index < -0.39 is 0 Å². The SMILES string of the molecule is COc1ccc(C(Br)c2ccoc2Br)c(Br)c1. The summed E-state index contributed by atoms with van der Waals surface area (Å²) in [5.41, 5.74) is 2.17. The van der Waals surface area contributed by atoms with Gasteiger partial charge in [0.25, 0.3) is 0 Å². The van der Waals surface area contributed by atoms with Crippen molar-refractivity contribution in [1.82, 2.24) is 0 Å². The molecule has 1 aromatic heterocycles. The molecule has 2 rings (SSSR count). The minimum absolute atomic E-state index is 0.0657. The monoisotopic (exact) mass is 422 g/mol. The first-order chi connectivity index (χ1) is 8.13. The maximum absolute atomic E-state index is 5.24. The van der Waals surface area contributed by atoms with Crippen LogP contribution in [0.25, 0.3) is 0 Å². The molecular weight excluding hydrogens is 416 g/mol. The molecule has 0 aliphatic carbocycles. The molecule has 0 N–H and O–H groups in total. The predicted octanol–water partition coefficient (Wildman–Crippen LogP) is 5.30. The molecule has 0 spiro atoms. The van der Waals surface area contributed by atoms with E-state index in [0.717, 1.165) is 26.0 Å². The third-order valence-corrected chi connectivity index (χ3v) is 4.72. The average Bonchev–Trinajstić information content (AvgIpc) is 2.74. The number of rotatable bonds is 3. The van der Waals surface area contributed by atoms with Crippen LogP contribution in [0.3, 0.4) is 0 Å². The zero-order chi connectivity index (χ0) is 12.4. The van der Waals surface area contributed by atoms with Gasteiger partial charge in [-0.15, -0.1) is 0 Å². The van der Waals surface area contributed by atoms with Crippen LogP contribution in [-0.4, -0.2) is 7.11 Å². The lowest BCUT2D eigenvalue weighted by Crippen LogP contribution is -1.94. The Balaban J connectivity index is 2.38. The van der Waals surface area contributed by atoms with Crippen LogP contribution in [0.4, 0.5) is 0 Å². The Morgan fingerprint density at radius 1 is 1.18 bits per heavy atom. The number of hydrogen-bond donors (Lipinski definition) is 0. The Hall–Kier alpha value is -0.260. The van der Waals surface area contributed by atoms with Crippen molar-refractivity contribution in [3.05, 3.63) is 50.8 Å². The van der Waals surface area contributed by atoms with Gasteiger partial charge in [-0.3, -0.25) is 0 Å². The summed E-state index contributed by atoms with van der Waals surface area (Å²) in [6.45, 7) is 0. The lowest BCUT2D eigenvalue weighted by Gasteiger charge is -2.12. The molecule has 0 saturated carbocycles. The summed E-state index contributed by atoms with van der Waals surface area (Å²) in [5, 5.41) is 0. The summed E-state index contributed by atoms with van der Waals surface area (Å²) in [6.07, 6.45) is 1.66. The van der Waals surface area contributed by atoms with Gasteiger partial charge in [0.15, 0.2) is 4.67 Å². The molecule has 1 atom stereocenters. The summed E-state index contributed by atoms with van der Waals surface area (Å²) in [6, 6.07) is 7.82. The highest BCUT2D eigenvalue weighted by Gasteiger charge is 2.18. The van der Waals surface area contributed by atoms with Gasteiger partial charge in [-0.2, -0.15) is 0 Å². The second-order valence-electron chi connectivity index (χ2n) is 3.40. The van der Waals surface area contributed by atoms with E-state index in [1.807, 2.05) is 24.3 Å². The average molecular weight is 425 g/mol. The molecule has 1 heterocycles. The topological polar surface area (TPSA) is 22.4 Å². The van der Waals surface area contributed by atoms with Crippen molar-refractivity contribution in [1.29, 1.82) is 0 Å². The molecule has 1 unspecified atom stereocenters. The van der Waals surface area contributed by atoms with Crippen molar-refractivity contribution in [3.63, 3.8) is 0 Å². The van der Waals surface area contributed by atoms with Gasteiger partial charge in [-0.25, -0.2) is 0 Å². The van der Waals surface area contributed by atoms with Gasteiger partial charge in [0.05, 0.1) is 18.2 Å². The second kappa shape index (κ2) is 5.59. The number of benzene rings is 1. The van der Waals surface area contributed by atoms with E-state index in [1.54, 1.807) is 13.4 Å². The van der Waals surface area contributed by atoms with Crippen molar-refractivity contribution in [2.45, 2.75) is 4.83 Å². The van der Waals surface area contributed by atoms with Crippen LogP contribution in [0, 0.1) is 0 Å². The minimum Gasteiger partial charge on any atom is -0.497 e. The molecule has 0 amide bonds. The fourth-order valence-electron chi connectivity index (χ4n) is 1.49. The first-order valence-corrected chi connectivity index (χ1v) is 7.34. The maximum Gasteiger partial charge on any atom is 0.173 e. The first kappa shape index (κ1) is 13.2. The van der Waals surface area contributed by atoms with Gasteiger partial charge in [0.1, 0.15) is 5.75 Å². The van der Waals surface area contributed by atoms with E-state index in [2.05, 4.69) is 47.8 Å². The molecule has 5 heteroatoms. The fourth-order valence-corrected chi connectivity index (χ4v) is 3.92. The number of hydrogen-bond acceptors (Lipinski definition) is 2. The molecule has 0 saturated heterocycles. The van der Waals surface area contributed by atoms with E-state index in [4.69, 9.17) is 9.15 Å². The lowest BCUT2D eigenvalue weighted by atomic mass is 10.1. The molecular formula is C12H9Br3O2. The Bertz CT molecular complexity index is 522. The van der Waals surface area contributed by atoms with E-state index in [0.29, 0.717) is 0 Å². The molecule has 90 valence electrons. The van der Waals surface area contributed by atoms with Crippen LogP contribution >= 0.6 is 47.8 Å². The van der Waals surface area contributed by atoms with Gasteiger partial charge in [0, 0.05) is 10.0 Å². The van der Waals surface area contributed by atoms with Crippen molar-refractivity contribution >= 4 is 47.8 Å². The number of halogens is 3. The molecule has 0 fully saturated rings. The third-order valence-electron chi connectivity index (χ3n) is 2.40. The van der Waals surface area contributed by atoms with Crippen molar-refractivity contribution < 1.29 is 9.15 Å². The molecule has 17 heavy (non-hydrogen) atoms. The maximum atomic E-state index is 5.24. The van der Waals surface area contributed by atoms with Gasteiger partial charge in [-0.05, 0) is 39.7 Å². The van der Waals surface area contributed by atoms with Crippen molar-refractivity contribution in [3.8, 4) is 5.75 Å². The molecule has 2 nitrogen and oxygen atoms in total. The van der Waals surface area contributed by atoms with Gasteiger partial charge >= 0.3 is 0 Å². The van der Waals surface area contributed by atoms with E-state index in [1.165, 1.54) is 0 Å². The minimum atomic E-state index is 0.0657. The zero-order valence-electron chi connectivity index (χ0n) is 8.91. The predicted molar refractivity (Wildman–Crippen MR) is 77.9 cm³/mol. The standard InChI is InChI=1S/C12H9Br3O2/c1-16-7-2-3-8(10(13)6-7)11(14)9-4-5-17-12(9)15/h2-6,11H,1H3. The summed E-state index contributed by atoms with van der Waals surface area (Å²) >= 11 is 10.6. The smallest absolute Gasteiger partial charge is 0.173 e. The van der Waals surface area contributed by atoms with Crippen LogP contribution in [0.5, 0.6) is 5.75 Å². The van der Waals surface area contributed by atoms with E-state index in [-0.39, 0.29) is 4.83 Å². The van der Waals surface area contributed by atoms with E-state index in [9.17, 15) is 0 Å². The highest BCUT2D eigenvalue weighted by Crippen LogP contribution is 2.40. The summed E-state index contributed by atoms with van der Waals surface area (Å²) < 4.78 is 12.1. The zero-order valence-corrected chi connectivity index (χ0v) is 13.7. The van der Waals surface area contributed by atoms with Crippen LogP contribution in [0.1, 0.15) is 16.0 Å². The Kier molecular flexibility index (Phi) is 4.33. The van der Waals surface area contributed by atoms with Crippen molar-refractivity contribution in [2.75, 3.05) is 7.11 Å². The Labute approximate surface area is 125 Å². The van der Waals surface area contributed by atoms with E-state index >= 15 is 0 Å². The molecule has 0 aliphatic heterocycles. The molecule has 0 aliphatic rings. The van der Waals surface area contributed by atoms with Gasteiger partial charge < -0.3 is 9.15 Å². The highest BCUT2D eigenvalue weighted by molar-refractivity contribution is 9.11. The molecule has 2 aromatic rings. The summed E-state index contributed by atoms with van der Waals surface area (Å²) in [7, 11) is 1.65.